The number of nitrogens with one attached hydrogen (secondary N) is 1. The van der Waals surface area contributed by atoms with Crippen LogP contribution in [0.25, 0.3) is 0 Å². The van der Waals surface area contributed by atoms with Gasteiger partial charge in [-0.3, -0.25) is 4.79 Å². The zero-order chi connectivity index (χ0) is 16.2. The van der Waals surface area contributed by atoms with Gasteiger partial charge < -0.3 is 10.4 Å². The van der Waals surface area contributed by atoms with Gasteiger partial charge in [-0.05, 0) is 18.2 Å². The van der Waals surface area contributed by atoms with Crippen molar-refractivity contribution in [2.75, 3.05) is 20.6 Å². The minimum Gasteiger partial charge on any atom is -0.478 e. The van der Waals surface area contributed by atoms with E-state index in [0.29, 0.717) is 0 Å². The Morgan fingerprint density at radius 2 is 2.00 bits per heavy atom. The monoisotopic (exact) mass is 314 g/mol. The molecule has 0 saturated heterocycles. The lowest BCUT2D eigenvalue weighted by Gasteiger charge is -2.20. The molecule has 0 aliphatic carbocycles. The molecule has 0 fully saturated rings. The molecule has 116 valence electrons. The van der Waals surface area contributed by atoms with Gasteiger partial charge in [0.05, 0.1) is 10.5 Å². The molecule has 2 N–H and O–H groups in total. The Kier molecular flexibility index (Phi) is 5.45. The molecule has 0 aromatic heterocycles. The molecular formula is C13H18N2O5S. The number of rotatable bonds is 6. The van der Waals surface area contributed by atoms with E-state index in [1.54, 1.807) is 6.92 Å². The van der Waals surface area contributed by atoms with Crippen molar-refractivity contribution < 1.29 is 23.1 Å². The van der Waals surface area contributed by atoms with Gasteiger partial charge >= 0.3 is 5.97 Å². The summed E-state index contributed by atoms with van der Waals surface area (Å²) in [6, 6.07) is 5.10. The summed E-state index contributed by atoms with van der Waals surface area (Å²) in [4.78, 5) is 22.2. The molecule has 0 radical (unpaired) electrons. The predicted octanol–water partition coefficient (Wildman–Crippen LogP) is 0.387. The molecular weight excluding hydrogens is 296 g/mol. The van der Waals surface area contributed by atoms with Crippen molar-refractivity contribution in [3.05, 3.63) is 29.8 Å². The number of carbonyl (C=O) groups is 2. The molecule has 0 bridgehead atoms. The Morgan fingerprint density at radius 1 is 1.38 bits per heavy atom. The SMILES string of the molecule is CNC(=O)C(C)CN(C)S(=O)(=O)c1cccc(C(=O)O)c1. The molecule has 1 amide bonds. The first-order valence-electron chi connectivity index (χ1n) is 6.21. The Morgan fingerprint density at radius 3 is 2.52 bits per heavy atom. The Labute approximate surface area is 123 Å². The molecule has 0 aliphatic rings. The lowest BCUT2D eigenvalue weighted by molar-refractivity contribution is -0.124. The van der Waals surface area contributed by atoms with E-state index >= 15 is 0 Å². The van der Waals surface area contributed by atoms with Crippen molar-refractivity contribution in [2.24, 2.45) is 5.92 Å². The number of carboxylic acids is 1. The smallest absolute Gasteiger partial charge is 0.335 e. The van der Waals surface area contributed by atoms with Crippen molar-refractivity contribution in [3.8, 4) is 0 Å². The van der Waals surface area contributed by atoms with Crippen LogP contribution in [-0.2, 0) is 14.8 Å². The maximum atomic E-state index is 12.4. The Hall–Kier alpha value is -1.93. The summed E-state index contributed by atoms with van der Waals surface area (Å²) in [5, 5.41) is 11.3. The normalized spacial score (nSPS) is 13.0. The van der Waals surface area contributed by atoms with Crippen LogP contribution in [0, 0.1) is 5.92 Å². The number of sulfonamides is 1. The zero-order valence-corrected chi connectivity index (χ0v) is 12.8. The topological polar surface area (TPSA) is 104 Å². The zero-order valence-electron chi connectivity index (χ0n) is 12.0. The van der Waals surface area contributed by atoms with E-state index in [1.165, 1.54) is 32.3 Å². The largest absolute Gasteiger partial charge is 0.478 e. The van der Waals surface area contributed by atoms with Gasteiger partial charge in [-0.1, -0.05) is 13.0 Å². The minimum atomic E-state index is -3.84. The van der Waals surface area contributed by atoms with Gasteiger partial charge in [0.2, 0.25) is 15.9 Å². The molecule has 1 aromatic carbocycles. The number of hydrogen-bond acceptors (Lipinski definition) is 4. The molecule has 0 spiro atoms. The van der Waals surface area contributed by atoms with E-state index in [9.17, 15) is 18.0 Å². The summed E-state index contributed by atoms with van der Waals surface area (Å²) >= 11 is 0. The van der Waals surface area contributed by atoms with Crippen molar-refractivity contribution in [3.63, 3.8) is 0 Å². The van der Waals surface area contributed by atoms with Crippen molar-refractivity contribution in [1.29, 1.82) is 0 Å². The molecule has 8 heteroatoms. The number of aromatic carboxylic acids is 1. The van der Waals surface area contributed by atoms with Crippen LogP contribution in [0.3, 0.4) is 0 Å². The highest BCUT2D eigenvalue weighted by molar-refractivity contribution is 7.89. The summed E-state index contributed by atoms with van der Waals surface area (Å²) in [6.45, 7) is 1.61. The first-order valence-corrected chi connectivity index (χ1v) is 7.65. The molecule has 0 saturated carbocycles. The second-order valence-electron chi connectivity index (χ2n) is 4.63. The summed E-state index contributed by atoms with van der Waals surface area (Å²) < 4.78 is 25.7. The van der Waals surface area contributed by atoms with Gasteiger partial charge in [0.15, 0.2) is 0 Å². The Balaban J connectivity index is 3.02. The highest BCUT2D eigenvalue weighted by Gasteiger charge is 2.25. The minimum absolute atomic E-state index is 0.000689. The standard InChI is InChI=1S/C13H18N2O5S/c1-9(12(16)14-2)8-15(3)21(19,20)11-6-4-5-10(7-11)13(17)18/h4-7,9H,8H2,1-3H3,(H,14,16)(H,17,18). The van der Waals surface area contributed by atoms with Gasteiger partial charge in [0, 0.05) is 26.6 Å². The van der Waals surface area contributed by atoms with Crippen molar-refractivity contribution in [1.82, 2.24) is 9.62 Å². The fraction of sp³-hybridized carbons (Fsp3) is 0.385. The average Bonchev–Trinajstić information content (AvgIpc) is 2.46. The molecule has 1 rings (SSSR count). The fourth-order valence-electron chi connectivity index (χ4n) is 1.78. The van der Waals surface area contributed by atoms with Gasteiger partial charge in [0.1, 0.15) is 0 Å². The number of hydrogen-bond donors (Lipinski definition) is 2. The second kappa shape index (κ2) is 6.68. The van der Waals surface area contributed by atoms with Crippen LogP contribution in [0.5, 0.6) is 0 Å². The summed E-state index contributed by atoms with van der Waals surface area (Å²) in [7, 11) is -1.02. The van der Waals surface area contributed by atoms with Crippen LogP contribution < -0.4 is 5.32 Å². The van der Waals surface area contributed by atoms with Gasteiger partial charge in [0.25, 0.3) is 0 Å². The van der Waals surface area contributed by atoms with E-state index in [2.05, 4.69) is 5.32 Å². The first kappa shape index (κ1) is 17.1. The van der Waals surface area contributed by atoms with Crippen LogP contribution in [-0.4, -0.2) is 50.3 Å². The molecule has 0 aliphatic heterocycles. The van der Waals surface area contributed by atoms with Crippen LogP contribution in [0.1, 0.15) is 17.3 Å². The highest BCUT2D eigenvalue weighted by Crippen LogP contribution is 2.17. The number of amides is 1. The van der Waals surface area contributed by atoms with E-state index in [0.717, 1.165) is 10.4 Å². The second-order valence-corrected chi connectivity index (χ2v) is 6.68. The van der Waals surface area contributed by atoms with Gasteiger partial charge in [-0.15, -0.1) is 0 Å². The van der Waals surface area contributed by atoms with Gasteiger partial charge in [-0.2, -0.15) is 0 Å². The third-order valence-electron chi connectivity index (χ3n) is 3.01. The third kappa shape index (κ3) is 4.02. The predicted molar refractivity (Wildman–Crippen MR) is 76.4 cm³/mol. The molecule has 1 aromatic rings. The first-order chi connectivity index (χ1) is 9.70. The quantitative estimate of drug-likeness (QED) is 0.790. The molecule has 21 heavy (non-hydrogen) atoms. The van der Waals surface area contributed by atoms with E-state index < -0.39 is 21.9 Å². The molecule has 1 atom stereocenters. The van der Waals surface area contributed by atoms with Gasteiger partial charge in [-0.25, -0.2) is 17.5 Å². The number of nitrogens with zero attached hydrogens (tertiary/aromatic N) is 1. The molecule has 0 heterocycles. The third-order valence-corrected chi connectivity index (χ3v) is 4.83. The van der Waals surface area contributed by atoms with E-state index in [1.807, 2.05) is 0 Å². The maximum Gasteiger partial charge on any atom is 0.335 e. The lowest BCUT2D eigenvalue weighted by Crippen LogP contribution is -2.37. The fourth-order valence-corrected chi connectivity index (χ4v) is 3.09. The Bertz CT molecular complexity index is 642. The summed E-state index contributed by atoms with van der Waals surface area (Å²) in [6.07, 6.45) is 0. The number of benzene rings is 1. The summed E-state index contributed by atoms with van der Waals surface area (Å²) in [5.41, 5.74) is -0.108. The number of carbonyl (C=O) groups excluding carboxylic acids is 1. The van der Waals surface area contributed by atoms with Crippen molar-refractivity contribution >= 4 is 21.9 Å². The van der Waals surface area contributed by atoms with Crippen molar-refractivity contribution in [2.45, 2.75) is 11.8 Å². The van der Waals surface area contributed by atoms with E-state index in [-0.39, 0.29) is 22.9 Å². The van der Waals surface area contributed by atoms with Crippen LogP contribution >= 0.6 is 0 Å². The number of carboxylic acid groups (broad SMARTS) is 1. The van der Waals surface area contributed by atoms with Crippen LogP contribution in [0.2, 0.25) is 0 Å². The average molecular weight is 314 g/mol. The van der Waals surface area contributed by atoms with E-state index in [4.69, 9.17) is 5.11 Å². The molecule has 7 nitrogen and oxygen atoms in total. The molecule has 1 unspecified atom stereocenters. The van der Waals surface area contributed by atoms with Crippen LogP contribution in [0.4, 0.5) is 0 Å². The maximum absolute atomic E-state index is 12.4. The lowest BCUT2D eigenvalue weighted by atomic mass is 10.2. The van der Waals surface area contributed by atoms with Crippen LogP contribution in [0.15, 0.2) is 29.2 Å². The highest BCUT2D eigenvalue weighted by atomic mass is 32.2. The summed E-state index contributed by atoms with van der Waals surface area (Å²) in [5.74, 6) is -1.98.